The van der Waals surface area contributed by atoms with E-state index < -0.39 is 0 Å². The van der Waals surface area contributed by atoms with Crippen LogP contribution in [0.15, 0.2) is 42.5 Å². The van der Waals surface area contributed by atoms with Crippen LogP contribution in [-0.4, -0.2) is 22.7 Å². The Morgan fingerprint density at radius 2 is 1.96 bits per heavy atom. The monoisotopic (exact) mass is 327 g/mol. The summed E-state index contributed by atoms with van der Waals surface area (Å²) < 4.78 is 5.65. The van der Waals surface area contributed by atoms with Crippen molar-refractivity contribution in [2.75, 3.05) is 11.9 Å². The molecule has 0 bridgehead atoms. The number of fused-ring (bicyclic) bond motifs is 1. The molecule has 1 heterocycles. The van der Waals surface area contributed by atoms with Gasteiger partial charge in [-0.05, 0) is 11.5 Å². The molecule has 0 fully saturated rings. The molecule has 0 radical (unpaired) electrons. The summed E-state index contributed by atoms with van der Waals surface area (Å²) in [6, 6.07) is 13.7. The van der Waals surface area contributed by atoms with Crippen LogP contribution in [0.5, 0.6) is 5.75 Å². The molecule has 0 aliphatic heterocycles. The van der Waals surface area contributed by atoms with Crippen molar-refractivity contribution in [2.45, 2.75) is 19.8 Å². The van der Waals surface area contributed by atoms with Crippen LogP contribution in [0.4, 0.5) is 5.13 Å². The van der Waals surface area contributed by atoms with E-state index in [1.54, 1.807) is 0 Å². The normalized spacial score (nSPS) is 10.9. The third-order valence-electron chi connectivity index (χ3n) is 3.29. The first-order valence-corrected chi connectivity index (χ1v) is 8.19. The van der Waals surface area contributed by atoms with Gasteiger partial charge in [0.2, 0.25) is 5.13 Å². The zero-order chi connectivity index (χ0) is 16.2. The predicted molar refractivity (Wildman–Crippen MR) is 92.1 cm³/mol. The molecule has 1 N–H and O–H groups in total. The number of anilines is 1. The van der Waals surface area contributed by atoms with Crippen LogP contribution in [0, 0.1) is 0 Å². The van der Waals surface area contributed by atoms with Gasteiger partial charge in [0.15, 0.2) is 6.61 Å². The van der Waals surface area contributed by atoms with Crippen molar-refractivity contribution < 1.29 is 9.53 Å². The number of carbonyl (C=O) groups is 1. The van der Waals surface area contributed by atoms with Crippen molar-refractivity contribution >= 4 is 33.1 Å². The number of amides is 1. The fraction of sp³-hybridized carbons (Fsp3) is 0.235. The number of carbonyl (C=O) groups excluding carboxylic acids is 1. The van der Waals surface area contributed by atoms with E-state index in [0.717, 1.165) is 15.8 Å². The molecule has 0 aliphatic carbocycles. The predicted octanol–water partition coefficient (Wildman–Crippen LogP) is 3.83. The highest BCUT2D eigenvalue weighted by Crippen LogP contribution is 2.25. The highest BCUT2D eigenvalue weighted by molar-refractivity contribution is 7.15. The molecule has 3 rings (SSSR count). The zero-order valence-corrected chi connectivity index (χ0v) is 13.8. The lowest BCUT2D eigenvalue weighted by molar-refractivity contribution is -0.118. The SMILES string of the molecule is CC(C)c1nnc(NC(=O)COc2cccc3ccccc23)s1. The van der Waals surface area contributed by atoms with E-state index in [2.05, 4.69) is 15.5 Å². The van der Waals surface area contributed by atoms with Crippen LogP contribution in [0.3, 0.4) is 0 Å². The number of nitrogens with zero attached hydrogens (tertiary/aromatic N) is 2. The van der Waals surface area contributed by atoms with E-state index in [9.17, 15) is 4.79 Å². The summed E-state index contributed by atoms with van der Waals surface area (Å²) in [6.45, 7) is 4.01. The maximum absolute atomic E-state index is 12.0. The zero-order valence-electron chi connectivity index (χ0n) is 12.9. The van der Waals surface area contributed by atoms with Crippen molar-refractivity contribution in [1.82, 2.24) is 10.2 Å². The number of nitrogens with one attached hydrogen (secondary N) is 1. The maximum Gasteiger partial charge on any atom is 0.264 e. The number of hydrogen-bond acceptors (Lipinski definition) is 5. The van der Waals surface area contributed by atoms with Crippen molar-refractivity contribution in [3.63, 3.8) is 0 Å². The molecule has 1 aromatic heterocycles. The van der Waals surface area contributed by atoms with Gasteiger partial charge in [-0.15, -0.1) is 10.2 Å². The summed E-state index contributed by atoms with van der Waals surface area (Å²) in [5, 5.41) is 14.2. The minimum Gasteiger partial charge on any atom is -0.483 e. The van der Waals surface area contributed by atoms with Gasteiger partial charge < -0.3 is 4.74 Å². The highest BCUT2D eigenvalue weighted by Gasteiger charge is 2.11. The Morgan fingerprint density at radius 3 is 2.74 bits per heavy atom. The fourth-order valence-corrected chi connectivity index (χ4v) is 2.90. The van der Waals surface area contributed by atoms with Gasteiger partial charge in [-0.2, -0.15) is 0 Å². The first-order valence-electron chi connectivity index (χ1n) is 7.37. The third-order valence-corrected chi connectivity index (χ3v) is 4.43. The molecule has 0 atom stereocenters. The summed E-state index contributed by atoms with van der Waals surface area (Å²) >= 11 is 1.38. The number of ether oxygens (including phenoxy) is 1. The van der Waals surface area contributed by atoms with Crippen LogP contribution in [0.2, 0.25) is 0 Å². The van der Waals surface area contributed by atoms with Gasteiger partial charge in [-0.25, -0.2) is 0 Å². The van der Waals surface area contributed by atoms with Gasteiger partial charge in [0.1, 0.15) is 10.8 Å². The van der Waals surface area contributed by atoms with E-state index in [-0.39, 0.29) is 12.5 Å². The van der Waals surface area contributed by atoms with Crippen molar-refractivity contribution in [3.05, 3.63) is 47.5 Å². The molecule has 0 aliphatic rings. The second-order valence-electron chi connectivity index (χ2n) is 5.41. The molecule has 0 unspecified atom stereocenters. The largest absolute Gasteiger partial charge is 0.483 e. The van der Waals surface area contributed by atoms with Crippen molar-refractivity contribution in [3.8, 4) is 5.75 Å². The van der Waals surface area contributed by atoms with Crippen molar-refractivity contribution in [1.29, 1.82) is 0 Å². The third kappa shape index (κ3) is 3.65. The molecule has 2 aromatic carbocycles. The van der Waals surface area contributed by atoms with Crippen LogP contribution in [0.25, 0.3) is 10.8 Å². The average molecular weight is 327 g/mol. The Morgan fingerprint density at radius 1 is 1.17 bits per heavy atom. The Bertz CT molecular complexity index is 824. The standard InChI is InChI=1S/C17H17N3O2S/c1-11(2)16-19-20-17(23-16)18-15(21)10-22-14-9-5-7-12-6-3-4-8-13(12)14/h3-9,11H,10H2,1-2H3,(H,18,20,21). The van der Waals surface area contributed by atoms with Gasteiger partial charge in [0.05, 0.1) is 0 Å². The summed E-state index contributed by atoms with van der Waals surface area (Å²) in [6.07, 6.45) is 0. The Kier molecular flexibility index (Phi) is 4.52. The molecule has 0 saturated heterocycles. The van der Waals surface area contributed by atoms with Crippen LogP contribution in [0.1, 0.15) is 24.8 Å². The van der Waals surface area contributed by atoms with Crippen molar-refractivity contribution in [2.24, 2.45) is 0 Å². The molecular formula is C17H17N3O2S. The molecule has 118 valence electrons. The van der Waals surface area contributed by atoms with E-state index in [1.165, 1.54) is 11.3 Å². The summed E-state index contributed by atoms with van der Waals surface area (Å²) in [4.78, 5) is 12.0. The Labute approximate surface area is 138 Å². The van der Waals surface area contributed by atoms with Crippen LogP contribution < -0.4 is 10.1 Å². The molecular weight excluding hydrogens is 310 g/mol. The molecule has 3 aromatic rings. The summed E-state index contributed by atoms with van der Waals surface area (Å²) in [7, 11) is 0. The maximum atomic E-state index is 12.0. The van der Waals surface area contributed by atoms with Crippen LogP contribution >= 0.6 is 11.3 Å². The molecule has 0 spiro atoms. The molecule has 5 nitrogen and oxygen atoms in total. The van der Waals surface area contributed by atoms with Gasteiger partial charge in [-0.1, -0.05) is 61.6 Å². The lowest BCUT2D eigenvalue weighted by Gasteiger charge is -2.08. The number of rotatable bonds is 5. The smallest absolute Gasteiger partial charge is 0.264 e. The number of aromatic nitrogens is 2. The second kappa shape index (κ2) is 6.75. The molecule has 0 saturated carbocycles. The summed E-state index contributed by atoms with van der Waals surface area (Å²) in [5.41, 5.74) is 0. The minimum atomic E-state index is -0.246. The first kappa shape index (κ1) is 15.4. The lowest BCUT2D eigenvalue weighted by atomic mass is 10.1. The van der Waals surface area contributed by atoms with E-state index in [4.69, 9.17) is 4.74 Å². The average Bonchev–Trinajstić information content (AvgIpc) is 3.01. The Hall–Kier alpha value is -2.47. The molecule has 6 heteroatoms. The minimum absolute atomic E-state index is 0.0649. The van der Waals surface area contributed by atoms with Gasteiger partial charge in [0, 0.05) is 11.3 Å². The van der Waals surface area contributed by atoms with Gasteiger partial charge >= 0.3 is 0 Å². The van der Waals surface area contributed by atoms with E-state index >= 15 is 0 Å². The fourth-order valence-electron chi connectivity index (χ4n) is 2.14. The molecule has 1 amide bonds. The highest BCUT2D eigenvalue weighted by atomic mass is 32.1. The number of hydrogen-bond donors (Lipinski definition) is 1. The number of benzene rings is 2. The van der Waals surface area contributed by atoms with Gasteiger partial charge in [0.25, 0.3) is 5.91 Å². The second-order valence-corrected chi connectivity index (χ2v) is 6.42. The Balaban J connectivity index is 1.64. The quantitative estimate of drug-likeness (QED) is 0.773. The van der Waals surface area contributed by atoms with E-state index in [0.29, 0.717) is 16.8 Å². The first-order chi connectivity index (χ1) is 11.1. The lowest BCUT2D eigenvalue weighted by Crippen LogP contribution is -2.20. The van der Waals surface area contributed by atoms with Crippen LogP contribution in [-0.2, 0) is 4.79 Å². The molecule has 23 heavy (non-hydrogen) atoms. The van der Waals surface area contributed by atoms with Gasteiger partial charge in [-0.3, -0.25) is 10.1 Å². The van der Waals surface area contributed by atoms with E-state index in [1.807, 2.05) is 56.3 Å². The topological polar surface area (TPSA) is 64.1 Å². The summed E-state index contributed by atoms with van der Waals surface area (Å²) in [5.74, 6) is 0.743.